The van der Waals surface area contributed by atoms with Crippen molar-refractivity contribution in [2.24, 2.45) is 0 Å². The van der Waals surface area contributed by atoms with Crippen LogP contribution < -0.4 is 5.56 Å². The molecule has 108 valence electrons. The summed E-state index contributed by atoms with van der Waals surface area (Å²) in [4.78, 5) is 12.5. The molecule has 0 unspecified atom stereocenters. The van der Waals surface area contributed by atoms with Crippen molar-refractivity contribution < 1.29 is 0 Å². The number of rotatable bonds is 2. The van der Waals surface area contributed by atoms with Crippen LogP contribution in [0.1, 0.15) is 22.3 Å². The average molecular weight is 288 g/mol. The normalized spacial score (nSPS) is 10.6. The van der Waals surface area contributed by atoms with Gasteiger partial charge in [0, 0.05) is 11.5 Å². The molecule has 1 aromatic heterocycles. The number of nitrogens with zero attached hydrogens (tertiary/aromatic N) is 2. The van der Waals surface area contributed by atoms with Gasteiger partial charge in [0.2, 0.25) is 0 Å². The predicted octanol–water partition coefficient (Wildman–Crippen LogP) is 3.54. The van der Waals surface area contributed by atoms with Crippen LogP contribution in [0.4, 0.5) is 0 Å². The molecule has 0 aliphatic rings. The molecule has 0 radical (unpaired) electrons. The van der Waals surface area contributed by atoms with E-state index in [1.165, 1.54) is 0 Å². The predicted molar refractivity (Wildman–Crippen MR) is 87.9 cm³/mol. The molecule has 0 saturated heterocycles. The Hall–Kier alpha value is -2.86. The highest BCUT2D eigenvalue weighted by molar-refractivity contribution is 5.85. The number of para-hydroxylation sites is 1. The third kappa shape index (κ3) is 2.29. The summed E-state index contributed by atoms with van der Waals surface area (Å²) in [6.07, 6.45) is 0. The first kappa shape index (κ1) is 14.1. The summed E-state index contributed by atoms with van der Waals surface area (Å²) in [7, 11) is 0. The van der Waals surface area contributed by atoms with Crippen molar-refractivity contribution >= 4 is 10.9 Å². The fraction of sp³-hybridized carbons (Fsp3) is 0.158. The largest absolute Gasteiger partial charge is 0.304 e. The monoisotopic (exact) mass is 288 g/mol. The Morgan fingerprint density at radius 3 is 2.59 bits per heavy atom. The molecular formula is C19H16N2O. The van der Waals surface area contributed by atoms with Gasteiger partial charge in [-0.3, -0.25) is 4.79 Å². The minimum absolute atomic E-state index is 0.0351. The Kier molecular flexibility index (Phi) is 3.52. The van der Waals surface area contributed by atoms with Gasteiger partial charge in [0.1, 0.15) is 0 Å². The Morgan fingerprint density at radius 2 is 1.82 bits per heavy atom. The summed E-state index contributed by atoms with van der Waals surface area (Å²) in [5.41, 5.74) is 4.42. The standard InChI is InChI=1S/C19H16N2O/c1-13-6-5-9-17-14(2)10-18(22)21(19(13)17)12-16-8-4-3-7-15(16)11-20/h3-10H,12H2,1-2H3. The summed E-state index contributed by atoms with van der Waals surface area (Å²) in [6.45, 7) is 4.37. The fourth-order valence-corrected chi connectivity index (χ4v) is 2.88. The smallest absolute Gasteiger partial charge is 0.251 e. The number of aromatic nitrogens is 1. The first-order valence-corrected chi connectivity index (χ1v) is 7.19. The van der Waals surface area contributed by atoms with Crippen LogP contribution in [0, 0.1) is 25.2 Å². The number of benzene rings is 2. The highest BCUT2D eigenvalue weighted by atomic mass is 16.1. The van der Waals surface area contributed by atoms with E-state index in [9.17, 15) is 10.1 Å². The molecule has 0 aliphatic carbocycles. The van der Waals surface area contributed by atoms with E-state index in [0.717, 1.165) is 27.6 Å². The zero-order chi connectivity index (χ0) is 15.7. The molecule has 0 bridgehead atoms. The minimum Gasteiger partial charge on any atom is -0.304 e. The van der Waals surface area contributed by atoms with Crippen LogP contribution in [-0.4, -0.2) is 4.57 Å². The van der Waals surface area contributed by atoms with E-state index in [0.29, 0.717) is 12.1 Å². The maximum absolute atomic E-state index is 12.5. The molecule has 0 aliphatic heterocycles. The van der Waals surface area contributed by atoms with Crippen molar-refractivity contribution in [1.29, 1.82) is 5.26 Å². The molecule has 3 nitrogen and oxygen atoms in total. The van der Waals surface area contributed by atoms with Crippen molar-refractivity contribution in [3.63, 3.8) is 0 Å². The van der Waals surface area contributed by atoms with Gasteiger partial charge in [0.05, 0.1) is 23.7 Å². The molecule has 0 saturated carbocycles. The number of pyridine rings is 1. The third-order valence-corrected chi connectivity index (χ3v) is 4.00. The van der Waals surface area contributed by atoms with Crippen LogP contribution in [0.3, 0.4) is 0 Å². The third-order valence-electron chi connectivity index (χ3n) is 4.00. The fourth-order valence-electron chi connectivity index (χ4n) is 2.88. The van der Waals surface area contributed by atoms with Crippen LogP contribution in [-0.2, 0) is 6.54 Å². The van der Waals surface area contributed by atoms with Crippen molar-refractivity contribution in [1.82, 2.24) is 4.57 Å². The van der Waals surface area contributed by atoms with Gasteiger partial charge in [-0.05, 0) is 36.6 Å². The van der Waals surface area contributed by atoms with E-state index in [1.54, 1.807) is 16.7 Å². The van der Waals surface area contributed by atoms with Gasteiger partial charge in [0.15, 0.2) is 0 Å². The van der Waals surface area contributed by atoms with Gasteiger partial charge in [0.25, 0.3) is 5.56 Å². The summed E-state index contributed by atoms with van der Waals surface area (Å²) < 4.78 is 1.76. The van der Waals surface area contributed by atoms with Gasteiger partial charge in [-0.1, -0.05) is 36.4 Å². The van der Waals surface area contributed by atoms with Crippen molar-refractivity contribution in [2.75, 3.05) is 0 Å². The van der Waals surface area contributed by atoms with Crippen molar-refractivity contribution in [3.8, 4) is 6.07 Å². The Balaban J connectivity index is 2.28. The molecule has 3 heteroatoms. The lowest BCUT2D eigenvalue weighted by Gasteiger charge is -2.14. The SMILES string of the molecule is Cc1cc(=O)n(Cc2ccccc2C#N)c2c(C)cccc12. The second-order valence-electron chi connectivity index (χ2n) is 5.49. The Labute approximate surface area is 129 Å². The lowest BCUT2D eigenvalue weighted by molar-refractivity contribution is 0.788. The van der Waals surface area contributed by atoms with Crippen LogP contribution in [0.2, 0.25) is 0 Å². The van der Waals surface area contributed by atoms with Gasteiger partial charge >= 0.3 is 0 Å². The van der Waals surface area contributed by atoms with Gasteiger partial charge in [-0.25, -0.2) is 0 Å². The summed E-state index contributed by atoms with van der Waals surface area (Å²) in [6, 6.07) is 17.3. The highest BCUT2D eigenvalue weighted by Crippen LogP contribution is 2.21. The van der Waals surface area contributed by atoms with E-state index >= 15 is 0 Å². The maximum atomic E-state index is 12.5. The lowest BCUT2D eigenvalue weighted by atomic mass is 10.0. The lowest BCUT2D eigenvalue weighted by Crippen LogP contribution is -2.22. The van der Waals surface area contributed by atoms with Gasteiger partial charge in [-0.2, -0.15) is 5.26 Å². The quantitative estimate of drug-likeness (QED) is 0.724. The average Bonchev–Trinajstić information content (AvgIpc) is 2.52. The molecule has 1 heterocycles. The Bertz CT molecular complexity index is 961. The molecule has 3 rings (SSSR count). The molecule has 0 spiro atoms. The van der Waals surface area contributed by atoms with Crippen molar-refractivity contribution in [3.05, 3.63) is 81.1 Å². The van der Waals surface area contributed by atoms with Gasteiger partial charge in [-0.15, -0.1) is 0 Å². The molecular weight excluding hydrogens is 272 g/mol. The maximum Gasteiger partial charge on any atom is 0.251 e. The second kappa shape index (κ2) is 5.50. The van der Waals surface area contributed by atoms with Crippen LogP contribution in [0.15, 0.2) is 53.3 Å². The van der Waals surface area contributed by atoms with Crippen LogP contribution >= 0.6 is 0 Å². The van der Waals surface area contributed by atoms with Crippen LogP contribution in [0.25, 0.3) is 10.9 Å². The Morgan fingerprint density at radius 1 is 1.05 bits per heavy atom. The topological polar surface area (TPSA) is 45.8 Å². The van der Waals surface area contributed by atoms with E-state index in [1.807, 2.05) is 50.2 Å². The minimum atomic E-state index is -0.0351. The zero-order valence-corrected chi connectivity index (χ0v) is 12.6. The molecule has 0 N–H and O–H groups in total. The molecule has 0 atom stereocenters. The number of hydrogen-bond donors (Lipinski definition) is 0. The van der Waals surface area contributed by atoms with Crippen molar-refractivity contribution in [2.45, 2.75) is 20.4 Å². The second-order valence-corrected chi connectivity index (χ2v) is 5.49. The summed E-state index contributed by atoms with van der Waals surface area (Å²) >= 11 is 0. The van der Waals surface area contributed by atoms with E-state index in [-0.39, 0.29) is 5.56 Å². The number of nitriles is 1. The first-order valence-electron chi connectivity index (χ1n) is 7.19. The molecule has 0 fully saturated rings. The molecule has 22 heavy (non-hydrogen) atoms. The first-order chi connectivity index (χ1) is 10.6. The van der Waals surface area contributed by atoms with E-state index in [4.69, 9.17) is 0 Å². The summed E-state index contributed by atoms with van der Waals surface area (Å²) in [5, 5.41) is 10.3. The zero-order valence-electron chi connectivity index (χ0n) is 12.6. The molecule has 0 amide bonds. The van der Waals surface area contributed by atoms with Gasteiger partial charge < -0.3 is 4.57 Å². The van der Waals surface area contributed by atoms with Crippen LogP contribution in [0.5, 0.6) is 0 Å². The molecule has 2 aromatic carbocycles. The molecule has 3 aromatic rings. The number of hydrogen-bond acceptors (Lipinski definition) is 2. The highest BCUT2D eigenvalue weighted by Gasteiger charge is 2.10. The summed E-state index contributed by atoms with van der Waals surface area (Å²) in [5.74, 6) is 0. The number of fused-ring (bicyclic) bond motifs is 1. The van der Waals surface area contributed by atoms with E-state index < -0.39 is 0 Å². The number of aryl methyl sites for hydroxylation is 2. The van der Waals surface area contributed by atoms with E-state index in [2.05, 4.69) is 6.07 Å².